The SMILES string of the molecule is Cc1ccccc1-c1c(CO)nnn1-c1ccc(C(C)C)cc1. The van der Waals surface area contributed by atoms with Crippen molar-refractivity contribution >= 4 is 0 Å². The van der Waals surface area contributed by atoms with Gasteiger partial charge in [0, 0.05) is 5.56 Å². The summed E-state index contributed by atoms with van der Waals surface area (Å²) in [5.41, 5.74) is 5.84. The van der Waals surface area contributed by atoms with E-state index < -0.39 is 0 Å². The van der Waals surface area contributed by atoms with Crippen molar-refractivity contribution in [3.8, 4) is 16.9 Å². The lowest BCUT2D eigenvalue weighted by Crippen LogP contribution is -2.02. The van der Waals surface area contributed by atoms with E-state index in [9.17, 15) is 5.11 Å². The van der Waals surface area contributed by atoms with E-state index in [4.69, 9.17) is 0 Å². The van der Waals surface area contributed by atoms with Crippen molar-refractivity contribution < 1.29 is 5.11 Å². The topological polar surface area (TPSA) is 50.9 Å². The number of aryl methyl sites for hydroxylation is 1. The van der Waals surface area contributed by atoms with Crippen LogP contribution in [0.25, 0.3) is 16.9 Å². The van der Waals surface area contributed by atoms with Crippen LogP contribution in [0.5, 0.6) is 0 Å². The van der Waals surface area contributed by atoms with Crippen LogP contribution in [0.15, 0.2) is 48.5 Å². The third kappa shape index (κ3) is 2.90. The molecule has 0 bridgehead atoms. The molecular formula is C19H21N3O. The summed E-state index contributed by atoms with van der Waals surface area (Å²) in [4.78, 5) is 0. The Kier molecular flexibility index (Phi) is 4.26. The highest BCUT2D eigenvalue weighted by atomic mass is 16.3. The van der Waals surface area contributed by atoms with E-state index in [2.05, 4.69) is 49.3 Å². The number of nitrogens with zero attached hydrogens (tertiary/aromatic N) is 3. The Morgan fingerprint density at radius 1 is 1.04 bits per heavy atom. The fraction of sp³-hybridized carbons (Fsp3) is 0.263. The van der Waals surface area contributed by atoms with Crippen molar-refractivity contribution in [2.75, 3.05) is 0 Å². The summed E-state index contributed by atoms with van der Waals surface area (Å²) in [5.74, 6) is 0.489. The lowest BCUT2D eigenvalue weighted by atomic mass is 10.0. The van der Waals surface area contributed by atoms with Gasteiger partial charge in [0.2, 0.25) is 0 Å². The van der Waals surface area contributed by atoms with Gasteiger partial charge in [-0.1, -0.05) is 55.5 Å². The first-order valence-corrected chi connectivity index (χ1v) is 7.83. The molecule has 23 heavy (non-hydrogen) atoms. The van der Waals surface area contributed by atoms with Crippen LogP contribution in [-0.2, 0) is 6.61 Å². The molecule has 1 aromatic heterocycles. The maximum Gasteiger partial charge on any atom is 0.117 e. The van der Waals surface area contributed by atoms with Gasteiger partial charge in [0.05, 0.1) is 12.3 Å². The number of aromatic nitrogens is 3. The maximum absolute atomic E-state index is 9.63. The zero-order chi connectivity index (χ0) is 16.4. The molecule has 0 aliphatic rings. The van der Waals surface area contributed by atoms with Gasteiger partial charge in [-0.15, -0.1) is 5.10 Å². The smallest absolute Gasteiger partial charge is 0.117 e. The lowest BCUT2D eigenvalue weighted by Gasteiger charge is -2.11. The van der Waals surface area contributed by atoms with E-state index in [1.54, 1.807) is 4.68 Å². The Bertz CT molecular complexity index is 804. The van der Waals surface area contributed by atoms with Crippen LogP contribution in [0, 0.1) is 6.92 Å². The van der Waals surface area contributed by atoms with Crippen molar-refractivity contribution in [2.24, 2.45) is 0 Å². The highest BCUT2D eigenvalue weighted by molar-refractivity contribution is 5.67. The van der Waals surface area contributed by atoms with Crippen molar-refractivity contribution in [2.45, 2.75) is 33.3 Å². The summed E-state index contributed by atoms with van der Waals surface area (Å²) < 4.78 is 1.80. The minimum Gasteiger partial charge on any atom is -0.390 e. The van der Waals surface area contributed by atoms with E-state index in [-0.39, 0.29) is 6.61 Å². The van der Waals surface area contributed by atoms with Crippen LogP contribution >= 0.6 is 0 Å². The molecule has 0 amide bonds. The van der Waals surface area contributed by atoms with Crippen LogP contribution < -0.4 is 0 Å². The lowest BCUT2D eigenvalue weighted by molar-refractivity contribution is 0.277. The average Bonchev–Trinajstić information content (AvgIpc) is 2.99. The molecule has 0 radical (unpaired) electrons. The van der Waals surface area contributed by atoms with Gasteiger partial charge in [-0.3, -0.25) is 0 Å². The molecule has 1 heterocycles. The number of hydrogen-bond acceptors (Lipinski definition) is 3. The van der Waals surface area contributed by atoms with E-state index in [1.165, 1.54) is 5.56 Å². The quantitative estimate of drug-likeness (QED) is 0.796. The van der Waals surface area contributed by atoms with Crippen molar-refractivity contribution in [1.29, 1.82) is 0 Å². The molecule has 2 aromatic carbocycles. The largest absolute Gasteiger partial charge is 0.390 e. The molecule has 0 atom stereocenters. The predicted octanol–water partition coefficient (Wildman–Crippen LogP) is 3.86. The minimum atomic E-state index is -0.131. The molecule has 0 aliphatic carbocycles. The summed E-state index contributed by atoms with van der Waals surface area (Å²) in [7, 11) is 0. The van der Waals surface area contributed by atoms with Gasteiger partial charge in [0.25, 0.3) is 0 Å². The highest BCUT2D eigenvalue weighted by Gasteiger charge is 2.17. The standard InChI is InChI=1S/C19H21N3O/c1-13(2)15-8-10-16(11-9-15)22-19(18(12-23)20-21-22)17-7-5-4-6-14(17)3/h4-11,13,23H,12H2,1-3H3. The molecule has 0 saturated carbocycles. The van der Waals surface area contributed by atoms with E-state index in [1.807, 2.05) is 30.3 Å². The first kappa shape index (κ1) is 15.4. The molecule has 3 rings (SSSR count). The second-order valence-corrected chi connectivity index (χ2v) is 6.02. The number of aliphatic hydroxyl groups is 1. The maximum atomic E-state index is 9.63. The molecule has 0 saturated heterocycles. The van der Waals surface area contributed by atoms with Crippen molar-refractivity contribution in [3.05, 3.63) is 65.4 Å². The van der Waals surface area contributed by atoms with Crippen LogP contribution in [-0.4, -0.2) is 20.1 Å². The number of hydrogen-bond donors (Lipinski definition) is 1. The van der Waals surface area contributed by atoms with Crippen molar-refractivity contribution in [3.63, 3.8) is 0 Å². The van der Waals surface area contributed by atoms with Crippen LogP contribution in [0.1, 0.15) is 36.6 Å². The first-order chi connectivity index (χ1) is 11.1. The van der Waals surface area contributed by atoms with Gasteiger partial charge in [0.1, 0.15) is 11.4 Å². The minimum absolute atomic E-state index is 0.131. The molecule has 0 spiro atoms. The van der Waals surface area contributed by atoms with Gasteiger partial charge < -0.3 is 5.11 Å². The Morgan fingerprint density at radius 2 is 1.74 bits per heavy atom. The molecule has 3 aromatic rings. The van der Waals surface area contributed by atoms with Gasteiger partial charge in [-0.05, 0) is 36.1 Å². The fourth-order valence-electron chi connectivity index (χ4n) is 2.71. The number of benzene rings is 2. The summed E-state index contributed by atoms with van der Waals surface area (Å²) in [6.45, 7) is 6.27. The van der Waals surface area contributed by atoms with Gasteiger partial charge in [-0.25, -0.2) is 4.68 Å². The van der Waals surface area contributed by atoms with Crippen LogP contribution in [0.4, 0.5) is 0 Å². The van der Waals surface area contributed by atoms with E-state index in [0.717, 1.165) is 22.5 Å². The summed E-state index contributed by atoms with van der Waals surface area (Å²) in [6, 6.07) is 16.4. The number of aliphatic hydroxyl groups excluding tert-OH is 1. The van der Waals surface area contributed by atoms with Gasteiger partial charge >= 0.3 is 0 Å². The summed E-state index contributed by atoms with van der Waals surface area (Å²) in [6.07, 6.45) is 0. The highest BCUT2D eigenvalue weighted by Crippen LogP contribution is 2.28. The Balaban J connectivity index is 2.14. The second kappa shape index (κ2) is 6.34. The molecule has 4 heteroatoms. The number of rotatable bonds is 4. The molecule has 0 fully saturated rings. The molecule has 4 nitrogen and oxygen atoms in total. The third-order valence-corrected chi connectivity index (χ3v) is 4.09. The van der Waals surface area contributed by atoms with Crippen LogP contribution in [0.2, 0.25) is 0 Å². The summed E-state index contributed by atoms with van der Waals surface area (Å²) in [5, 5.41) is 18.0. The van der Waals surface area contributed by atoms with Crippen LogP contribution in [0.3, 0.4) is 0 Å². The predicted molar refractivity (Wildman–Crippen MR) is 91.5 cm³/mol. The fourth-order valence-corrected chi connectivity index (χ4v) is 2.71. The molecule has 0 aliphatic heterocycles. The normalized spacial score (nSPS) is 11.2. The molecular weight excluding hydrogens is 286 g/mol. The molecule has 118 valence electrons. The monoisotopic (exact) mass is 307 g/mol. The second-order valence-electron chi connectivity index (χ2n) is 6.02. The van der Waals surface area contributed by atoms with E-state index >= 15 is 0 Å². The van der Waals surface area contributed by atoms with Gasteiger partial charge in [0.15, 0.2) is 0 Å². The molecule has 1 N–H and O–H groups in total. The Morgan fingerprint density at radius 3 is 2.35 bits per heavy atom. The Hall–Kier alpha value is -2.46. The summed E-state index contributed by atoms with van der Waals surface area (Å²) >= 11 is 0. The Labute approximate surface area is 136 Å². The first-order valence-electron chi connectivity index (χ1n) is 7.83. The zero-order valence-electron chi connectivity index (χ0n) is 13.7. The zero-order valence-corrected chi connectivity index (χ0v) is 13.7. The van der Waals surface area contributed by atoms with Gasteiger partial charge in [-0.2, -0.15) is 0 Å². The third-order valence-electron chi connectivity index (χ3n) is 4.09. The molecule has 0 unspecified atom stereocenters. The van der Waals surface area contributed by atoms with E-state index in [0.29, 0.717) is 11.6 Å². The average molecular weight is 307 g/mol. The van der Waals surface area contributed by atoms with Crippen molar-refractivity contribution in [1.82, 2.24) is 15.0 Å².